The Morgan fingerprint density at radius 1 is 0.958 bits per heavy atom. The Morgan fingerprint density at radius 2 is 1.71 bits per heavy atom. The molecule has 24 heavy (non-hydrogen) atoms. The lowest BCUT2D eigenvalue weighted by Crippen LogP contribution is -2.13. The van der Waals surface area contributed by atoms with Gasteiger partial charge >= 0.3 is 5.97 Å². The Hall–Kier alpha value is -2.82. The van der Waals surface area contributed by atoms with Crippen molar-refractivity contribution >= 4 is 11.8 Å². The van der Waals surface area contributed by atoms with Gasteiger partial charge in [-0.1, -0.05) is 36.4 Å². The molecule has 0 atom stereocenters. The zero-order valence-corrected chi connectivity index (χ0v) is 13.5. The molecule has 0 unspecified atom stereocenters. The Labute approximate surface area is 140 Å². The highest BCUT2D eigenvalue weighted by Crippen LogP contribution is 2.29. The van der Waals surface area contributed by atoms with Gasteiger partial charge in [-0.15, -0.1) is 0 Å². The minimum atomic E-state index is -1.40. The van der Waals surface area contributed by atoms with Crippen molar-refractivity contribution in [2.45, 2.75) is 26.4 Å². The Morgan fingerprint density at radius 3 is 2.38 bits per heavy atom. The van der Waals surface area contributed by atoms with Gasteiger partial charge < -0.3 is 14.6 Å². The molecule has 126 valence electrons. The van der Waals surface area contributed by atoms with Crippen molar-refractivity contribution in [2.24, 2.45) is 0 Å². The van der Waals surface area contributed by atoms with E-state index in [1.165, 1.54) is 0 Å². The molecule has 0 bridgehead atoms. The monoisotopic (exact) mass is 328 g/mol. The maximum atomic E-state index is 11.2. The summed E-state index contributed by atoms with van der Waals surface area (Å²) in [5, 5.41) is 8.63. The number of aliphatic carboxylic acids is 1. The summed E-state index contributed by atoms with van der Waals surface area (Å²) in [6.45, 7) is 2.79. The maximum Gasteiger partial charge on any atom is 0.372 e. The number of hydrogen-bond acceptors (Lipinski definition) is 4. The first-order valence-corrected chi connectivity index (χ1v) is 7.78. The van der Waals surface area contributed by atoms with Crippen LogP contribution in [0.5, 0.6) is 11.5 Å². The number of ether oxygens (including phenoxy) is 2. The van der Waals surface area contributed by atoms with E-state index >= 15 is 0 Å². The number of carboxylic acids is 1. The zero-order chi connectivity index (χ0) is 17.4. The van der Waals surface area contributed by atoms with Gasteiger partial charge in [0.05, 0.1) is 6.61 Å². The van der Waals surface area contributed by atoms with Crippen LogP contribution in [0, 0.1) is 0 Å². The van der Waals surface area contributed by atoms with Gasteiger partial charge in [-0.3, -0.25) is 4.79 Å². The number of carbonyl (C=O) groups excluding carboxylic acids is 1. The minimum Gasteiger partial charge on any atom is -0.490 e. The summed E-state index contributed by atoms with van der Waals surface area (Å²) in [6.07, 6.45) is 0.315. The summed E-state index contributed by atoms with van der Waals surface area (Å²) in [6, 6.07) is 15.2. The van der Waals surface area contributed by atoms with Crippen LogP contribution in [0.4, 0.5) is 0 Å². The predicted octanol–water partition coefficient (Wildman–Crippen LogP) is 3.25. The quantitative estimate of drug-likeness (QED) is 0.715. The summed E-state index contributed by atoms with van der Waals surface area (Å²) in [7, 11) is 0. The molecule has 5 nitrogen and oxygen atoms in total. The molecule has 2 rings (SSSR count). The fraction of sp³-hybridized carbons (Fsp3) is 0.263. The molecule has 0 amide bonds. The van der Waals surface area contributed by atoms with Gasteiger partial charge in [-0.05, 0) is 36.6 Å². The molecule has 0 radical (unpaired) electrons. The zero-order valence-electron chi connectivity index (χ0n) is 13.5. The average molecular weight is 328 g/mol. The molecule has 0 spiro atoms. The number of benzene rings is 2. The highest BCUT2D eigenvalue weighted by atomic mass is 16.5. The number of hydrogen-bond donors (Lipinski definition) is 1. The molecule has 0 aliphatic heterocycles. The van der Waals surface area contributed by atoms with Crippen LogP contribution in [-0.4, -0.2) is 23.5 Å². The molecule has 0 aromatic heterocycles. The third kappa shape index (κ3) is 5.12. The minimum absolute atomic E-state index is 0.0366. The van der Waals surface area contributed by atoms with E-state index in [1.54, 1.807) is 12.1 Å². The van der Waals surface area contributed by atoms with E-state index in [0.29, 0.717) is 31.1 Å². The molecule has 5 heteroatoms. The van der Waals surface area contributed by atoms with Crippen LogP contribution in [0.15, 0.2) is 48.5 Å². The first kappa shape index (κ1) is 17.5. The van der Waals surface area contributed by atoms with Crippen LogP contribution in [0.25, 0.3) is 0 Å². The Balaban J connectivity index is 2.05. The molecule has 0 heterocycles. The summed E-state index contributed by atoms with van der Waals surface area (Å²) in [4.78, 5) is 21.8. The third-order valence-corrected chi connectivity index (χ3v) is 3.42. The second-order valence-electron chi connectivity index (χ2n) is 5.22. The van der Waals surface area contributed by atoms with Gasteiger partial charge in [-0.25, -0.2) is 4.79 Å². The van der Waals surface area contributed by atoms with Crippen LogP contribution >= 0.6 is 0 Å². The number of ketones is 1. The van der Waals surface area contributed by atoms with Gasteiger partial charge in [0.1, 0.15) is 6.61 Å². The SMILES string of the molecule is CCOc1cc(CCC(=O)C(=O)O)ccc1OCc1ccccc1. The van der Waals surface area contributed by atoms with E-state index in [0.717, 1.165) is 11.1 Å². The molecule has 1 N–H and O–H groups in total. The van der Waals surface area contributed by atoms with E-state index in [2.05, 4.69) is 0 Å². The standard InChI is InChI=1S/C19H20O5/c1-2-23-18-12-14(8-10-16(20)19(21)22)9-11-17(18)24-13-15-6-4-3-5-7-15/h3-7,9,11-12H,2,8,10,13H2,1H3,(H,21,22). The molecular weight excluding hydrogens is 308 g/mol. The number of carbonyl (C=O) groups is 2. The number of carboxylic acid groups (broad SMARTS) is 1. The topological polar surface area (TPSA) is 72.8 Å². The van der Waals surface area contributed by atoms with Crippen molar-refractivity contribution in [2.75, 3.05) is 6.61 Å². The van der Waals surface area contributed by atoms with Crippen LogP contribution in [0.1, 0.15) is 24.5 Å². The highest BCUT2D eigenvalue weighted by Gasteiger charge is 2.12. The average Bonchev–Trinajstić information content (AvgIpc) is 2.60. The van der Waals surface area contributed by atoms with Gasteiger partial charge in [0.25, 0.3) is 0 Å². The molecular formula is C19H20O5. The predicted molar refractivity (Wildman–Crippen MR) is 89.3 cm³/mol. The van der Waals surface area contributed by atoms with Crippen LogP contribution in [0.2, 0.25) is 0 Å². The Kier molecular flexibility index (Phi) is 6.37. The van der Waals surface area contributed by atoms with Crippen molar-refractivity contribution < 1.29 is 24.2 Å². The van der Waals surface area contributed by atoms with E-state index in [4.69, 9.17) is 14.6 Å². The normalized spacial score (nSPS) is 10.2. The molecule has 2 aromatic carbocycles. The summed E-state index contributed by atoms with van der Waals surface area (Å²) >= 11 is 0. The van der Waals surface area contributed by atoms with Gasteiger partial charge in [0, 0.05) is 6.42 Å². The van der Waals surface area contributed by atoms with Crippen molar-refractivity contribution in [3.05, 3.63) is 59.7 Å². The van der Waals surface area contributed by atoms with Gasteiger partial charge in [0.2, 0.25) is 5.78 Å². The molecule has 0 saturated carbocycles. The smallest absolute Gasteiger partial charge is 0.372 e. The first-order valence-electron chi connectivity index (χ1n) is 7.78. The molecule has 0 aliphatic carbocycles. The van der Waals surface area contributed by atoms with E-state index in [-0.39, 0.29) is 6.42 Å². The van der Waals surface area contributed by atoms with Gasteiger partial charge in [-0.2, -0.15) is 0 Å². The third-order valence-electron chi connectivity index (χ3n) is 3.42. The highest BCUT2D eigenvalue weighted by molar-refractivity contribution is 6.32. The molecule has 0 fully saturated rings. The summed E-state index contributed by atoms with van der Waals surface area (Å²) in [5.41, 5.74) is 1.89. The van der Waals surface area contributed by atoms with Crippen LogP contribution in [-0.2, 0) is 22.6 Å². The molecule has 0 saturated heterocycles. The second kappa shape index (κ2) is 8.72. The summed E-state index contributed by atoms with van der Waals surface area (Å²) in [5.74, 6) is -0.983. The molecule has 0 aliphatic rings. The number of aryl methyl sites for hydroxylation is 1. The second-order valence-corrected chi connectivity index (χ2v) is 5.22. The number of Topliss-reactive ketones (excluding diaryl/α,β-unsaturated/α-hetero) is 1. The van der Waals surface area contributed by atoms with Gasteiger partial charge in [0.15, 0.2) is 11.5 Å². The van der Waals surface area contributed by atoms with Crippen LogP contribution in [0.3, 0.4) is 0 Å². The van der Waals surface area contributed by atoms with Crippen molar-refractivity contribution in [3.8, 4) is 11.5 Å². The lowest BCUT2D eigenvalue weighted by atomic mass is 10.1. The summed E-state index contributed by atoms with van der Waals surface area (Å²) < 4.78 is 11.4. The van der Waals surface area contributed by atoms with E-state index in [9.17, 15) is 9.59 Å². The first-order chi connectivity index (χ1) is 11.6. The van der Waals surface area contributed by atoms with Crippen molar-refractivity contribution in [1.29, 1.82) is 0 Å². The van der Waals surface area contributed by atoms with Crippen molar-refractivity contribution in [1.82, 2.24) is 0 Å². The largest absolute Gasteiger partial charge is 0.490 e. The number of rotatable bonds is 9. The Bertz CT molecular complexity index is 694. The van der Waals surface area contributed by atoms with E-state index in [1.807, 2.05) is 43.3 Å². The molecule has 2 aromatic rings. The fourth-order valence-electron chi connectivity index (χ4n) is 2.20. The lowest BCUT2D eigenvalue weighted by molar-refractivity contribution is -0.149. The van der Waals surface area contributed by atoms with E-state index < -0.39 is 11.8 Å². The van der Waals surface area contributed by atoms with Crippen molar-refractivity contribution in [3.63, 3.8) is 0 Å². The maximum absolute atomic E-state index is 11.2. The lowest BCUT2D eigenvalue weighted by Gasteiger charge is -2.13. The fourth-order valence-corrected chi connectivity index (χ4v) is 2.20. The van der Waals surface area contributed by atoms with Crippen LogP contribution < -0.4 is 9.47 Å².